The lowest BCUT2D eigenvalue weighted by Gasteiger charge is -2.09. The Labute approximate surface area is 135 Å². The molecule has 0 bridgehead atoms. The van der Waals surface area contributed by atoms with Crippen molar-refractivity contribution in [1.82, 2.24) is 10.2 Å². The highest BCUT2D eigenvalue weighted by molar-refractivity contribution is 5.89. The van der Waals surface area contributed by atoms with Gasteiger partial charge in [0.05, 0.1) is 5.56 Å². The standard InChI is InChI=1S/C17H12F2N2O3/c1-10(23-17(22)13-8-7-12(18)9-14(13)19)15-20-21-16(24-15)11-5-3-2-4-6-11/h2-10H,1H3/t10-/m1/s1. The molecule has 0 spiro atoms. The zero-order valence-electron chi connectivity index (χ0n) is 12.6. The normalized spacial score (nSPS) is 12.0. The Kier molecular flexibility index (Phi) is 4.33. The van der Waals surface area contributed by atoms with Gasteiger partial charge in [0.25, 0.3) is 5.89 Å². The van der Waals surface area contributed by atoms with E-state index in [0.717, 1.165) is 17.7 Å². The highest BCUT2D eigenvalue weighted by Gasteiger charge is 2.22. The van der Waals surface area contributed by atoms with Crippen molar-refractivity contribution in [2.24, 2.45) is 0 Å². The molecule has 0 fully saturated rings. The summed E-state index contributed by atoms with van der Waals surface area (Å²) in [5, 5.41) is 7.71. The lowest BCUT2D eigenvalue weighted by Crippen LogP contribution is -2.11. The number of benzene rings is 2. The molecule has 0 saturated heterocycles. The van der Waals surface area contributed by atoms with Crippen LogP contribution in [0, 0.1) is 11.6 Å². The minimum Gasteiger partial charge on any atom is -0.449 e. The summed E-state index contributed by atoms with van der Waals surface area (Å²) in [6, 6.07) is 11.7. The van der Waals surface area contributed by atoms with E-state index in [1.54, 1.807) is 12.1 Å². The number of carbonyl (C=O) groups is 1. The third-order valence-corrected chi connectivity index (χ3v) is 3.24. The third-order valence-electron chi connectivity index (χ3n) is 3.24. The highest BCUT2D eigenvalue weighted by atomic mass is 19.1. The number of hydrogen-bond acceptors (Lipinski definition) is 5. The van der Waals surface area contributed by atoms with E-state index >= 15 is 0 Å². The molecule has 0 aliphatic rings. The fourth-order valence-corrected chi connectivity index (χ4v) is 2.03. The first-order valence-electron chi connectivity index (χ1n) is 7.09. The zero-order valence-corrected chi connectivity index (χ0v) is 12.6. The van der Waals surface area contributed by atoms with Gasteiger partial charge >= 0.3 is 5.97 Å². The summed E-state index contributed by atoms with van der Waals surface area (Å²) in [4.78, 5) is 12.0. The summed E-state index contributed by atoms with van der Waals surface area (Å²) in [6.45, 7) is 1.52. The summed E-state index contributed by atoms with van der Waals surface area (Å²) < 4.78 is 37.0. The first-order valence-corrected chi connectivity index (χ1v) is 7.09. The van der Waals surface area contributed by atoms with Crippen LogP contribution in [0.4, 0.5) is 8.78 Å². The summed E-state index contributed by atoms with van der Waals surface area (Å²) in [5.74, 6) is -2.37. The summed E-state index contributed by atoms with van der Waals surface area (Å²) >= 11 is 0. The van der Waals surface area contributed by atoms with Crippen molar-refractivity contribution in [3.63, 3.8) is 0 Å². The van der Waals surface area contributed by atoms with Gasteiger partial charge in [-0.15, -0.1) is 10.2 Å². The number of ether oxygens (including phenoxy) is 1. The van der Waals surface area contributed by atoms with E-state index < -0.39 is 23.7 Å². The van der Waals surface area contributed by atoms with Gasteiger partial charge in [0.1, 0.15) is 11.6 Å². The number of aromatic nitrogens is 2. The molecule has 122 valence electrons. The topological polar surface area (TPSA) is 65.2 Å². The SMILES string of the molecule is C[C@@H](OC(=O)c1ccc(F)cc1F)c1nnc(-c2ccccc2)o1. The Morgan fingerprint density at radius 1 is 1.12 bits per heavy atom. The van der Waals surface area contributed by atoms with Crippen molar-refractivity contribution in [2.45, 2.75) is 13.0 Å². The third kappa shape index (κ3) is 3.29. The molecule has 7 heteroatoms. The van der Waals surface area contributed by atoms with Crippen molar-refractivity contribution in [2.75, 3.05) is 0 Å². The van der Waals surface area contributed by atoms with Gasteiger partial charge in [-0.2, -0.15) is 0 Å². The van der Waals surface area contributed by atoms with Crippen LogP contribution in [0.2, 0.25) is 0 Å². The van der Waals surface area contributed by atoms with Gasteiger partial charge in [0, 0.05) is 11.6 Å². The molecule has 0 saturated carbocycles. The van der Waals surface area contributed by atoms with Gasteiger partial charge in [-0.05, 0) is 31.2 Å². The molecular weight excluding hydrogens is 318 g/mol. The van der Waals surface area contributed by atoms with Gasteiger partial charge in [0.15, 0.2) is 6.10 Å². The Morgan fingerprint density at radius 2 is 1.88 bits per heavy atom. The van der Waals surface area contributed by atoms with Crippen LogP contribution in [0.25, 0.3) is 11.5 Å². The lowest BCUT2D eigenvalue weighted by atomic mass is 10.2. The van der Waals surface area contributed by atoms with Crippen LogP contribution in [0.1, 0.15) is 29.3 Å². The average molecular weight is 330 g/mol. The van der Waals surface area contributed by atoms with E-state index in [9.17, 15) is 13.6 Å². The van der Waals surface area contributed by atoms with Crippen LogP contribution in [0.15, 0.2) is 52.9 Å². The number of rotatable bonds is 4. The zero-order chi connectivity index (χ0) is 17.1. The lowest BCUT2D eigenvalue weighted by molar-refractivity contribution is 0.0274. The Hall–Kier alpha value is -3.09. The largest absolute Gasteiger partial charge is 0.449 e. The van der Waals surface area contributed by atoms with Gasteiger partial charge in [-0.25, -0.2) is 13.6 Å². The maximum atomic E-state index is 13.6. The fraction of sp³-hybridized carbons (Fsp3) is 0.118. The smallest absolute Gasteiger partial charge is 0.341 e. The van der Waals surface area contributed by atoms with Crippen molar-refractivity contribution >= 4 is 5.97 Å². The van der Waals surface area contributed by atoms with Crippen LogP contribution in [0.5, 0.6) is 0 Å². The molecule has 0 amide bonds. The van der Waals surface area contributed by atoms with Crippen LogP contribution >= 0.6 is 0 Å². The molecule has 0 unspecified atom stereocenters. The number of nitrogens with zero attached hydrogens (tertiary/aromatic N) is 2. The predicted molar refractivity (Wildman–Crippen MR) is 79.9 cm³/mol. The predicted octanol–water partition coefficient (Wildman–Crippen LogP) is 3.93. The van der Waals surface area contributed by atoms with E-state index in [-0.39, 0.29) is 17.3 Å². The number of halogens is 2. The number of carbonyl (C=O) groups excluding carboxylic acids is 1. The van der Waals surface area contributed by atoms with E-state index in [2.05, 4.69) is 10.2 Å². The molecule has 2 aromatic carbocycles. The molecule has 1 aromatic heterocycles. The van der Waals surface area contributed by atoms with Gasteiger partial charge in [-0.1, -0.05) is 18.2 Å². The fourth-order valence-electron chi connectivity index (χ4n) is 2.03. The first kappa shape index (κ1) is 15.8. The maximum absolute atomic E-state index is 13.6. The maximum Gasteiger partial charge on any atom is 0.341 e. The van der Waals surface area contributed by atoms with Crippen molar-refractivity contribution in [3.05, 3.63) is 71.6 Å². The second kappa shape index (κ2) is 6.57. The van der Waals surface area contributed by atoms with Crippen LogP contribution < -0.4 is 0 Å². The molecule has 3 aromatic rings. The molecular formula is C17H12F2N2O3. The molecule has 24 heavy (non-hydrogen) atoms. The first-order chi connectivity index (χ1) is 11.5. The molecule has 5 nitrogen and oxygen atoms in total. The van der Waals surface area contributed by atoms with Crippen LogP contribution in [-0.4, -0.2) is 16.2 Å². The molecule has 0 N–H and O–H groups in total. The summed E-state index contributed by atoms with van der Waals surface area (Å²) in [6.07, 6.45) is -0.882. The van der Waals surface area contributed by atoms with E-state index in [1.165, 1.54) is 6.92 Å². The quantitative estimate of drug-likeness (QED) is 0.678. The Morgan fingerprint density at radius 3 is 2.58 bits per heavy atom. The van der Waals surface area contributed by atoms with Gasteiger partial charge < -0.3 is 9.15 Å². The van der Waals surface area contributed by atoms with E-state index in [0.29, 0.717) is 6.07 Å². The van der Waals surface area contributed by atoms with Crippen molar-refractivity contribution in [1.29, 1.82) is 0 Å². The Balaban J connectivity index is 1.74. The second-order valence-corrected chi connectivity index (χ2v) is 4.98. The molecule has 1 atom stereocenters. The van der Waals surface area contributed by atoms with Crippen molar-refractivity contribution < 1.29 is 22.7 Å². The summed E-state index contributed by atoms with van der Waals surface area (Å²) in [7, 11) is 0. The minimum atomic E-state index is -0.997. The molecule has 1 heterocycles. The van der Waals surface area contributed by atoms with Crippen LogP contribution in [0.3, 0.4) is 0 Å². The molecule has 0 aliphatic carbocycles. The molecule has 3 rings (SSSR count). The number of esters is 1. The van der Waals surface area contributed by atoms with Crippen LogP contribution in [-0.2, 0) is 4.74 Å². The highest BCUT2D eigenvalue weighted by Crippen LogP contribution is 2.23. The minimum absolute atomic E-state index is 0.0738. The summed E-state index contributed by atoms with van der Waals surface area (Å²) in [5.41, 5.74) is 0.352. The van der Waals surface area contributed by atoms with E-state index in [4.69, 9.17) is 9.15 Å². The van der Waals surface area contributed by atoms with E-state index in [1.807, 2.05) is 18.2 Å². The monoisotopic (exact) mass is 330 g/mol. The molecule has 0 aliphatic heterocycles. The van der Waals surface area contributed by atoms with Crippen molar-refractivity contribution in [3.8, 4) is 11.5 Å². The Bertz CT molecular complexity index is 865. The molecule has 0 radical (unpaired) electrons. The van der Waals surface area contributed by atoms with Gasteiger partial charge in [0.2, 0.25) is 5.89 Å². The second-order valence-electron chi connectivity index (χ2n) is 4.98. The number of hydrogen-bond donors (Lipinski definition) is 0. The van der Waals surface area contributed by atoms with Gasteiger partial charge in [-0.3, -0.25) is 0 Å². The average Bonchev–Trinajstić information content (AvgIpc) is 3.05.